The van der Waals surface area contributed by atoms with Gasteiger partial charge in [0.15, 0.2) is 22.9 Å². The number of hydrogen-bond acceptors (Lipinski definition) is 8. The fourth-order valence-electron chi connectivity index (χ4n) is 8.51. The van der Waals surface area contributed by atoms with Crippen molar-refractivity contribution in [2.45, 2.75) is 89.9 Å². The highest BCUT2D eigenvalue weighted by Crippen LogP contribution is 2.65. The van der Waals surface area contributed by atoms with Crippen LogP contribution in [0.15, 0.2) is 48.0 Å². The van der Waals surface area contributed by atoms with Crippen molar-refractivity contribution < 1.29 is 38.8 Å². The van der Waals surface area contributed by atoms with Crippen molar-refractivity contribution in [1.82, 2.24) is 0 Å². The van der Waals surface area contributed by atoms with Crippen molar-refractivity contribution >= 4 is 23.8 Å². The van der Waals surface area contributed by atoms with Crippen LogP contribution in [0.3, 0.4) is 0 Å². The van der Waals surface area contributed by atoms with Gasteiger partial charge in [0, 0.05) is 29.0 Å². The van der Waals surface area contributed by atoms with E-state index in [2.05, 4.69) is 19.9 Å². The molecule has 250 valence electrons. The molecule has 1 aliphatic heterocycles. The summed E-state index contributed by atoms with van der Waals surface area (Å²) in [5.41, 5.74) is 5.96. The molecule has 5 atom stereocenters. The second-order valence-corrected chi connectivity index (χ2v) is 14.8. The van der Waals surface area contributed by atoms with Crippen LogP contribution in [-0.4, -0.2) is 41.1 Å². The quantitative estimate of drug-likeness (QED) is 0.222. The Labute approximate surface area is 280 Å². The van der Waals surface area contributed by atoms with Crippen molar-refractivity contribution in [3.05, 3.63) is 98.1 Å². The summed E-state index contributed by atoms with van der Waals surface area (Å²) < 4.78 is 18.3. The minimum atomic E-state index is -1.64. The van der Waals surface area contributed by atoms with Crippen molar-refractivity contribution in [3.63, 3.8) is 0 Å². The molecule has 3 aromatic rings. The highest BCUT2D eigenvalue weighted by Gasteiger charge is 2.63. The van der Waals surface area contributed by atoms with Gasteiger partial charge in [-0.05, 0) is 95.2 Å². The molecule has 3 aliphatic carbocycles. The number of rotatable bonds is 6. The van der Waals surface area contributed by atoms with E-state index in [-0.39, 0.29) is 35.0 Å². The molecule has 0 fully saturated rings. The summed E-state index contributed by atoms with van der Waals surface area (Å²) in [7, 11) is 1.27. The van der Waals surface area contributed by atoms with Crippen LogP contribution in [0.4, 0.5) is 0 Å². The maximum atomic E-state index is 14.8. The van der Waals surface area contributed by atoms with Crippen LogP contribution in [-0.2, 0) is 46.0 Å². The molecule has 0 saturated heterocycles. The Morgan fingerprint density at radius 2 is 1.73 bits per heavy atom. The number of aryl methyl sites for hydroxylation is 2. The minimum Gasteiger partial charge on any atom is -0.504 e. The molecule has 3 aromatic carbocycles. The largest absolute Gasteiger partial charge is 0.504 e. The number of hydrogen-bond donors (Lipinski definition) is 2. The van der Waals surface area contributed by atoms with Gasteiger partial charge < -0.3 is 24.4 Å². The third-order valence-corrected chi connectivity index (χ3v) is 11.2. The molecule has 7 rings (SSSR count). The van der Waals surface area contributed by atoms with Crippen molar-refractivity contribution in [3.8, 4) is 11.5 Å². The van der Waals surface area contributed by atoms with E-state index in [9.17, 15) is 24.6 Å². The number of aromatic hydroxyl groups is 2. The number of benzene rings is 3. The molecule has 48 heavy (non-hydrogen) atoms. The van der Waals surface area contributed by atoms with E-state index in [1.165, 1.54) is 19.2 Å². The monoisotopic (exact) mass is 650 g/mol. The highest BCUT2D eigenvalue weighted by atomic mass is 16.6. The van der Waals surface area contributed by atoms with Gasteiger partial charge in [-0.3, -0.25) is 9.59 Å². The summed E-state index contributed by atoms with van der Waals surface area (Å²) >= 11 is 0. The number of phenolic OH excluding ortho intramolecular Hbond substituents is 2. The van der Waals surface area contributed by atoms with E-state index in [1.54, 1.807) is 0 Å². The minimum absolute atomic E-state index is 0.122. The van der Waals surface area contributed by atoms with Crippen LogP contribution in [0, 0.1) is 25.7 Å². The molecule has 0 unspecified atom stereocenters. The number of methoxy groups -OCH3 is 1. The zero-order valence-electron chi connectivity index (χ0n) is 28.5. The Balaban J connectivity index is 1.44. The van der Waals surface area contributed by atoms with E-state index >= 15 is 0 Å². The summed E-state index contributed by atoms with van der Waals surface area (Å²) in [5, 5.41) is 21.6. The van der Waals surface area contributed by atoms with E-state index in [0.717, 1.165) is 39.8 Å². The van der Waals surface area contributed by atoms with Gasteiger partial charge in [-0.1, -0.05) is 58.0 Å². The molecule has 8 nitrogen and oxygen atoms in total. The molecule has 0 radical (unpaired) electrons. The lowest BCUT2D eigenvalue weighted by Crippen LogP contribution is -2.43. The molecule has 4 aliphatic rings. The van der Waals surface area contributed by atoms with E-state index < -0.39 is 41.6 Å². The van der Waals surface area contributed by atoms with Crippen LogP contribution >= 0.6 is 0 Å². The van der Waals surface area contributed by atoms with Gasteiger partial charge in [0.25, 0.3) is 0 Å². The smallest absolute Gasteiger partial charge is 0.347 e. The normalized spacial score (nSPS) is 25.0. The van der Waals surface area contributed by atoms with E-state index in [1.807, 2.05) is 58.0 Å². The van der Waals surface area contributed by atoms with Crippen LogP contribution < -0.4 is 0 Å². The Kier molecular flexibility index (Phi) is 7.40. The van der Waals surface area contributed by atoms with Gasteiger partial charge >= 0.3 is 11.9 Å². The van der Waals surface area contributed by atoms with Crippen LogP contribution in [0.1, 0.15) is 103 Å². The third-order valence-electron chi connectivity index (χ3n) is 11.2. The van der Waals surface area contributed by atoms with Crippen LogP contribution in [0.5, 0.6) is 11.5 Å². The lowest BCUT2D eigenvalue weighted by molar-refractivity contribution is -0.176. The standard InChI is InChI=1S/C40H42O8/c1-19(2)25-16-23-10-11-27-32-24(12-13-39(27,5)6)33(38(45)47-31(37(44)46-7)15-22-9-8-20(3)21(4)14-22)35-26-17-29(41)30(42)18-28(26)40(48-35,34(23)32)36(25)43/h8-11,14,16-19,24,31,33,35,41-42H,12-13,15H2,1-7H3/t24-,31+,33+,35-,40+/m0/s1. The Bertz CT molecular complexity index is 1930. The van der Waals surface area contributed by atoms with E-state index in [0.29, 0.717) is 28.7 Å². The van der Waals surface area contributed by atoms with Gasteiger partial charge in [0.1, 0.15) is 0 Å². The second-order valence-electron chi connectivity index (χ2n) is 14.8. The Hall–Kier alpha value is -4.43. The number of ether oxygens (including phenoxy) is 3. The molecule has 1 heterocycles. The average molecular weight is 651 g/mol. The zero-order chi connectivity index (χ0) is 34.4. The third kappa shape index (κ3) is 4.55. The summed E-state index contributed by atoms with van der Waals surface area (Å²) in [5.74, 6) is -3.84. The SMILES string of the molecule is COC(=O)[C@@H](Cc1ccc(C)c(C)c1)OC(=O)[C@@H]1[C@H]2CCC(C)(C)c3ccc4c(c32)[C@@]2(O[C@H]1c1cc(O)c(O)cc12)C(=O)C(C(C)C)=C4. The molecular formula is C40H42O8. The van der Waals surface area contributed by atoms with Crippen LogP contribution in [0.25, 0.3) is 6.08 Å². The van der Waals surface area contributed by atoms with E-state index in [4.69, 9.17) is 14.2 Å². The summed E-state index contributed by atoms with van der Waals surface area (Å²) in [6, 6.07) is 12.8. The second kappa shape index (κ2) is 11.1. The molecule has 2 N–H and O–H groups in total. The van der Waals surface area contributed by atoms with Crippen molar-refractivity contribution in [2.24, 2.45) is 11.8 Å². The fraction of sp³-hybridized carbons (Fsp3) is 0.425. The topological polar surface area (TPSA) is 119 Å². The molecule has 0 amide bonds. The van der Waals surface area contributed by atoms with Gasteiger partial charge in [0.2, 0.25) is 6.10 Å². The first kappa shape index (κ1) is 32.1. The number of Topliss-reactive ketones (excluding diaryl/α,β-unsaturated/α-hetero) is 1. The predicted molar refractivity (Wildman–Crippen MR) is 179 cm³/mol. The number of phenols is 2. The average Bonchev–Trinajstić information content (AvgIpc) is 3.25. The Morgan fingerprint density at radius 1 is 1.00 bits per heavy atom. The molecular weight excluding hydrogens is 608 g/mol. The predicted octanol–water partition coefficient (Wildman–Crippen LogP) is 6.76. The van der Waals surface area contributed by atoms with Crippen molar-refractivity contribution in [1.29, 1.82) is 0 Å². The van der Waals surface area contributed by atoms with Crippen LogP contribution in [0.2, 0.25) is 0 Å². The fourth-order valence-corrected chi connectivity index (χ4v) is 8.51. The lowest BCUT2D eigenvalue weighted by atomic mass is 9.58. The first-order valence-electron chi connectivity index (χ1n) is 16.7. The first-order valence-corrected chi connectivity index (χ1v) is 16.7. The van der Waals surface area contributed by atoms with Gasteiger partial charge in [-0.2, -0.15) is 0 Å². The summed E-state index contributed by atoms with van der Waals surface area (Å²) in [6.07, 6.45) is 1.21. The number of carbonyl (C=O) groups excluding carboxylic acids is 3. The maximum absolute atomic E-state index is 14.8. The van der Waals surface area contributed by atoms with Crippen molar-refractivity contribution in [2.75, 3.05) is 7.11 Å². The molecule has 0 aromatic heterocycles. The van der Waals surface area contributed by atoms with Gasteiger partial charge in [-0.25, -0.2) is 4.79 Å². The number of esters is 2. The summed E-state index contributed by atoms with van der Waals surface area (Å²) in [6.45, 7) is 12.2. The molecule has 2 bridgehead atoms. The highest BCUT2D eigenvalue weighted by molar-refractivity contribution is 6.12. The summed E-state index contributed by atoms with van der Waals surface area (Å²) in [4.78, 5) is 42.7. The lowest BCUT2D eigenvalue weighted by Gasteiger charge is -2.44. The number of carbonyl (C=O) groups is 3. The zero-order valence-corrected chi connectivity index (χ0v) is 28.5. The van der Waals surface area contributed by atoms with Gasteiger partial charge in [-0.15, -0.1) is 0 Å². The maximum Gasteiger partial charge on any atom is 0.347 e. The number of ketones is 1. The van der Waals surface area contributed by atoms with Gasteiger partial charge in [0.05, 0.1) is 19.1 Å². The Morgan fingerprint density at radius 3 is 2.42 bits per heavy atom. The molecule has 0 saturated carbocycles. The first-order chi connectivity index (χ1) is 22.7. The molecule has 8 heteroatoms. The molecule has 1 spiro atoms.